The van der Waals surface area contributed by atoms with Crippen LogP contribution in [-0.4, -0.2) is 17.2 Å². The molecule has 0 fully saturated rings. The Hall–Kier alpha value is -0.450. The molecule has 0 saturated carbocycles. The molecule has 0 aromatic rings. The molecule has 0 aliphatic carbocycles. The first kappa shape index (κ1) is 11.6. The molecule has 0 saturated heterocycles. The molecule has 1 atom stereocenters. The summed E-state index contributed by atoms with van der Waals surface area (Å²) < 4.78 is 39.4. The van der Waals surface area contributed by atoms with E-state index in [1.165, 1.54) is 0 Å². The molecule has 12 heavy (non-hydrogen) atoms. The second-order valence-electron chi connectivity index (χ2n) is 2.49. The summed E-state index contributed by atoms with van der Waals surface area (Å²) in [5.41, 5.74) is 0. The van der Waals surface area contributed by atoms with Crippen LogP contribution in [0.25, 0.3) is 0 Å². The van der Waals surface area contributed by atoms with Crippen LogP contribution in [0.5, 0.6) is 0 Å². The first-order valence-electron chi connectivity index (χ1n) is 3.08. The van der Waals surface area contributed by atoms with Crippen molar-refractivity contribution in [1.29, 1.82) is 0 Å². The van der Waals surface area contributed by atoms with Crippen molar-refractivity contribution in [3.8, 4) is 0 Å². The molecule has 72 valence electrons. The maximum absolute atomic E-state index is 11.7. The fourth-order valence-electron chi connectivity index (χ4n) is 0.694. The minimum Gasteiger partial charge on any atom is -0.443 e. The molecular weight excluding hydrogens is 197 g/mol. The summed E-state index contributed by atoms with van der Waals surface area (Å²) >= 11 is 5.25. The van der Waals surface area contributed by atoms with Gasteiger partial charge in [-0.25, -0.2) is 0 Å². The molecule has 6 heteroatoms. The molecule has 0 aliphatic rings. The zero-order valence-corrected chi connectivity index (χ0v) is 7.29. The number of halogens is 4. The molecule has 0 radical (unpaired) electrons. The van der Waals surface area contributed by atoms with Crippen LogP contribution in [0.1, 0.15) is 20.3 Å². The van der Waals surface area contributed by atoms with Gasteiger partial charge < -0.3 is 4.74 Å². The first-order valence-corrected chi connectivity index (χ1v) is 3.45. The van der Waals surface area contributed by atoms with E-state index < -0.39 is 23.6 Å². The summed E-state index contributed by atoms with van der Waals surface area (Å²) in [5, 5.41) is -2.00. The van der Waals surface area contributed by atoms with Crippen molar-refractivity contribution >= 4 is 17.6 Å². The predicted octanol–water partition coefficient (Wildman–Crippen LogP) is 2.46. The van der Waals surface area contributed by atoms with E-state index >= 15 is 0 Å². The summed E-state index contributed by atoms with van der Waals surface area (Å²) in [6.07, 6.45) is -5.80. The highest BCUT2D eigenvalue weighted by Crippen LogP contribution is 2.32. The number of carbonyl (C=O) groups is 1. The molecule has 0 N–H and O–H groups in total. The van der Waals surface area contributed by atoms with E-state index in [-0.39, 0.29) is 0 Å². The Bertz CT molecular complexity index is 176. The first-order chi connectivity index (χ1) is 5.12. The van der Waals surface area contributed by atoms with Crippen molar-refractivity contribution in [2.45, 2.75) is 31.5 Å². The largest absolute Gasteiger partial charge is 0.443 e. The maximum Gasteiger partial charge on any atom is 0.394 e. The van der Waals surface area contributed by atoms with Gasteiger partial charge in [0, 0.05) is 6.92 Å². The summed E-state index contributed by atoms with van der Waals surface area (Å²) in [5.74, 6) is -0.836. The van der Waals surface area contributed by atoms with Crippen LogP contribution < -0.4 is 0 Å². The van der Waals surface area contributed by atoms with Gasteiger partial charge in [0.2, 0.25) is 0 Å². The van der Waals surface area contributed by atoms with E-state index in [0.29, 0.717) is 0 Å². The second kappa shape index (κ2) is 3.51. The zero-order valence-electron chi connectivity index (χ0n) is 6.54. The van der Waals surface area contributed by atoms with E-state index in [1.807, 2.05) is 0 Å². The van der Waals surface area contributed by atoms with Crippen LogP contribution >= 0.6 is 11.6 Å². The van der Waals surface area contributed by atoms with Crippen LogP contribution in [0.3, 0.4) is 0 Å². The molecule has 0 heterocycles. The van der Waals surface area contributed by atoms with Gasteiger partial charge in [0.1, 0.15) is 0 Å². The van der Waals surface area contributed by atoms with Gasteiger partial charge in [0.05, 0.1) is 6.42 Å². The fourth-order valence-corrected chi connectivity index (χ4v) is 0.954. The van der Waals surface area contributed by atoms with Crippen molar-refractivity contribution in [1.82, 2.24) is 0 Å². The van der Waals surface area contributed by atoms with Crippen molar-refractivity contribution < 1.29 is 22.7 Å². The van der Waals surface area contributed by atoms with Gasteiger partial charge in [-0.2, -0.15) is 13.2 Å². The van der Waals surface area contributed by atoms with Crippen LogP contribution in [0.2, 0.25) is 0 Å². The van der Waals surface area contributed by atoms with Gasteiger partial charge in [-0.3, -0.25) is 4.79 Å². The Balaban J connectivity index is 4.13. The summed E-state index contributed by atoms with van der Waals surface area (Å²) in [6, 6.07) is 0. The SMILES string of the molecule is CC(=O)OC(C)(Cl)CC(F)(F)F. The minimum atomic E-state index is -4.44. The van der Waals surface area contributed by atoms with Crippen LogP contribution in [0.4, 0.5) is 13.2 Å². The minimum absolute atomic E-state index is 0.836. The molecule has 0 aromatic heterocycles. The second-order valence-corrected chi connectivity index (χ2v) is 3.29. The molecule has 1 unspecified atom stereocenters. The third kappa shape index (κ3) is 6.27. The Labute approximate surface area is 72.6 Å². The number of ether oxygens (including phenoxy) is 1. The van der Waals surface area contributed by atoms with Crippen molar-refractivity contribution in [2.75, 3.05) is 0 Å². The van der Waals surface area contributed by atoms with E-state index in [2.05, 4.69) is 4.74 Å². The van der Waals surface area contributed by atoms with E-state index in [9.17, 15) is 18.0 Å². The van der Waals surface area contributed by atoms with Gasteiger partial charge in [-0.15, -0.1) is 0 Å². The van der Waals surface area contributed by atoms with E-state index in [1.54, 1.807) is 0 Å². The van der Waals surface area contributed by atoms with Crippen molar-refractivity contribution in [2.24, 2.45) is 0 Å². The highest BCUT2D eigenvalue weighted by Gasteiger charge is 2.40. The molecule has 0 amide bonds. The number of carbonyl (C=O) groups excluding carboxylic acids is 1. The molecule has 2 nitrogen and oxygen atoms in total. The standard InChI is InChI=1S/C6H8ClF3O2/c1-4(11)12-5(2,7)3-6(8,9)10/h3H2,1-2H3. The molecular formula is C6H8ClF3O2. The molecule has 0 spiro atoms. The third-order valence-corrected chi connectivity index (χ3v) is 1.08. The van der Waals surface area contributed by atoms with Crippen molar-refractivity contribution in [3.63, 3.8) is 0 Å². The number of esters is 1. The number of hydrogen-bond donors (Lipinski definition) is 0. The average molecular weight is 205 g/mol. The summed E-state index contributed by atoms with van der Waals surface area (Å²) in [7, 11) is 0. The Morgan fingerprint density at radius 2 is 1.92 bits per heavy atom. The zero-order chi connectivity index (χ0) is 9.99. The monoisotopic (exact) mass is 204 g/mol. The number of rotatable bonds is 2. The Morgan fingerprint density at radius 3 is 2.17 bits per heavy atom. The normalized spacial score (nSPS) is 16.8. The number of alkyl halides is 4. The van der Waals surface area contributed by atoms with E-state index in [0.717, 1.165) is 13.8 Å². The predicted molar refractivity (Wildman–Crippen MR) is 36.7 cm³/mol. The van der Waals surface area contributed by atoms with Gasteiger partial charge >= 0.3 is 12.1 Å². The molecule has 0 bridgehead atoms. The molecule has 0 aromatic carbocycles. The van der Waals surface area contributed by atoms with Gasteiger partial charge in [0.15, 0.2) is 5.06 Å². The average Bonchev–Trinajstić information content (AvgIpc) is 1.48. The van der Waals surface area contributed by atoms with Gasteiger partial charge in [-0.05, 0) is 6.92 Å². The lowest BCUT2D eigenvalue weighted by Crippen LogP contribution is -2.30. The van der Waals surface area contributed by atoms with Crippen LogP contribution in [-0.2, 0) is 9.53 Å². The quantitative estimate of drug-likeness (QED) is 0.510. The topological polar surface area (TPSA) is 26.3 Å². The van der Waals surface area contributed by atoms with Gasteiger partial charge in [0.25, 0.3) is 0 Å². The lowest BCUT2D eigenvalue weighted by molar-refractivity contribution is -0.175. The summed E-state index contributed by atoms with van der Waals surface area (Å²) in [4.78, 5) is 10.3. The lowest BCUT2D eigenvalue weighted by atomic mass is 10.3. The smallest absolute Gasteiger partial charge is 0.394 e. The third-order valence-electron chi connectivity index (χ3n) is 0.873. The fraction of sp³-hybridized carbons (Fsp3) is 0.833. The summed E-state index contributed by atoms with van der Waals surface area (Å²) in [6.45, 7) is 1.99. The number of hydrogen-bond acceptors (Lipinski definition) is 2. The lowest BCUT2D eigenvalue weighted by Gasteiger charge is -2.22. The Morgan fingerprint density at radius 1 is 1.50 bits per heavy atom. The highest BCUT2D eigenvalue weighted by atomic mass is 35.5. The maximum atomic E-state index is 11.7. The van der Waals surface area contributed by atoms with Crippen LogP contribution in [0.15, 0.2) is 0 Å². The molecule has 0 aliphatic heterocycles. The highest BCUT2D eigenvalue weighted by molar-refractivity contribution is 6.23. The molecule has 0 rings (SSSR count). The van der Waals surface area contributed by atoms with Gasteiger partial charge in [-0.1, -0.05) is 11.6 Å². The van der Waals surface area contributed by atoms with Crippen LogP contribution in [0, 0.1) is 0 Å². The Kier molecular flexibility index (Phi) is 3.38. The van der Waals surface area contributed by atoms with Crippen molar-refractivity contribution in [3.05, 3.63) is 0 Å². The van der Waals surface area contributed by atoms with E-state index in [4.69, 9.17) is 11.6 Å².